The number of hydrogen-bond donors (Lipinski definition) is 0. The molecule has 1 saturated carbocycles. The third-order valence-corrected chi connectivity index (χ3v) is 7.02. The molecule has 0 spiro atoms. The largest absolute Gasteiger partial charge is 0.301 e. The summed E-state index contributed by atoms with van der Waals surface area (Å²) in [5.41, 5.74) is 1.52. The summed E-state index contributed by atoms with van der Waals surface area (Å²) in [5, 5.41) is 0.0776. The molecule has 2 fully saturated rings. The second kappa shape index (κ2) is 8.96. The van der Waals surface area contributed by atoms with E-state index in [-0.39, 0.29) is 16.8 Å². The fourth-order valence-electron chi connectivity index (χ4n) is 5.42. The summed E-state index contributed by atoms with van der Waals surface area (Å²) in [6.45, 7) is 3.38. The third-order valence-electron chi connectivity index (χ3n) is 6.78. The summed E-state index contributed by atoms with van der Waals surface area (Å²) < 4.78 is 1.87. The minimum absolute atomic E-state index is 0.0776. The Hall–Kier alpha value is -1.39. The molecule has 2 aromatic rings. The number of nitrogens with zero attached hydrogens (tertiary/aromatic N) is 3. The standard InChI is InChI=1S/C23H32ClN3O/c1-17(27-21-14-8-7-13-20(21)25-22(24)23(27)28)16-19-12-9-15-26(19)18-10-5-3-2-4-6-11-18/h7-8,13-14,17-19H,2-6,9-12,15-16H2,1H3/t17-,19-/m0/s1. The van der Waals surface area contributed by atoms with Crippen molar-refractivity contribution in [3.05, 3.63) is 39.8 Å². The zero-order valence-corrected chi connectivity index (χ0v) is 17.7. The van der Waals surface area contributed by atoms with E-state index in [1.807, 2.05) is 28.8 Å². The lowest BCUT2D eigenvalue weighted by molar-refractivity contribution is 0.136. The van der Waals surface area contributed by atoms with Gasteiger partial charge in [0.05, 0.1) is 11.0 Å². The summed E-state index contributed by atoms with van der Waals surface area (Å²) in [5.74, 6) is 0. The molecule has 28 heavy (non-hydrogen) atoms. The molecule has 0 bridgehead atoms. The second-order valence-electron chi connectivity index (χ2n) is 8.68. The number of benzene rings is 1. The van der Waals surface area contributed by atoms with Crippen LogP contribution in [0.2, 0.25) is 5.15 Å². The van der Waals surface area contributed by atoms with E-state index in [0.717, 1.165) is 23.5 Å². The molecule has 0 unspecified atom stereocenters. The molecule has 4 nitrogen and oxygen atoms in total. The topological polar surface area (TPSA) is 38.1 Å². The summed E-state index contributed by atoms with van der Waals surface area (Å²) in [4.78, 5) is 19.9. The highest BCUT2D eigenvalue weighted by Crippen LogP contribution is 2.32. The van der Waals surface area contributed by atoms with Gasteiger partial charge in [0, 0.05) is 18.1 Å². The van der Waals surface area contributed by atoms with Gasteiger partial charge in [0.1, 0.15) is 0 Å². The SMILES string of the molecule is C[C@@H](C[C@@H]1CCCN1C1CCCCCCC1)n1c(=O)c(Cl)nc2ccccc21. The molecule has 2 aliphatic rings. The molecular formula is C23H32ClN3O. The lowest BCUT2D eigenvalue weighted by atomic mass is 9.94. The monoisotopic (exact) mass is 401 g/mol. The normalized spacial score (nSPS) is 23.6. The molecule has 152 valence electrons. The van der Waals surface area contributed by atoms with E-state index in [2.05, 4.69) is 16.8 Å². The second-order valence-corrected chi connectivity index (χ2v) is 9.04. The van der Waals surface area contributed by atoms with E-state index in [1.54, 1.807) is 0 Å². The van der Waals surface area contributed by atoms with Gasteiger partial charge in [-0.1, -0.05) is 55.8 Å². The van der Waals surface area contributed by atoms with Crippen molar-refractivity contribution >= 4 is 22.6 Å². The number of halogens is 1. The van der Waals surface area contributed by atoms with E-state index >= 15 is 0 Å². The molecule has 1 aliphatic heterocycles. The minimum atomic E-state index is -0.164. The zero-order valence-electron chi connectivity index (χ0n) is 16.9. The molecule has 1 aliphatic carbocycles. The zero-order chi connectivity index (χ0) is 19.5. The van der Waals surface area contributed by atoms with E-state index < -0.39 is 0 Å². The Kier molecular flexibility index (Phi) is 6.37. The average molecular weight is 402 g/mol. The molecule has 0 radical (unpaired) electrons. The van der Waals surface area contributed by atoms with Gasteiger partial charge in [-0.25, -0.2) is 4.98 Å². The number of hydrogen-bond acceptors (Lipinski definition) is 3. The molecule has 2 heterocycles. The Morgan fingerprint density at radius 1 is 1.07 bits per heavy atom. The first-order chi connectivity index (χ1) is 13.6. The maximum Gasteiger partial charge on any atom is 0.288 e. The molecule has 1 aromatic heterocycles. The first kappa shape index (κ1) is 19.9. The van der Waals surface area contributed by atoms with Crippen molar-refractivity contribution in [2.45, 2.75) is 89.3 Å². The van der Waals surface area contributed by atoms with Crippen LogP contribution < -0.4 is 5.56 Å². The van der Waals surface area contributed by atoms with Gasteiger partial charge in [-0.2, -0.15) is 0 Å². The van der Waals surface area contributed by atoms with E-state index in [0.29, 0.717) is 6.04 Å². The van der Waals surface area contributed by atoms with Crippen LogP contribution in [0.5, 0.6) is 0 Å². The van der Waals surface area contributed by atoms with Crippen LogP contribution in [0.1, 0.15) is 77.2 Å². The number of fused-ring (bicyclic) bond motifs is 1. The Morgan fingerprint density at radius 2 is 1.79 bits per heavy atom. The fraction of sp³-hybridized carbons (Fsp3) is 0.652. The first-order valence-corrected chi connectivity index (χ1v) is 11.5. The van der Waals surface area contributed by atoms with E-state index in [9.17, 15) is 4.79 Å². The summed E-state index contributed by atoms with van der Waals surface area (Å²) in [6, 6.07) is 9.23. The Morgan fingerprint density at radius 3 is 2.57 bits per heavy atom. The number of para-hydroxylation sites is 2. The Balaban J connectivity index is 1.56. The van der Waals surface area contributed by atoms with Crippen molar-refractivity contribution in [1.29, 1.82) is 0 Å². The van der Waals surface area contributed by atoms with Gasteiger partial charge in [0.25, 0.3) is 5.56 Å². The van der Waals surface area contributed by atoms with Gasteiger partial charge in [0.15, 0.2) is 5.15 Å². The highest BCUT2D eigenvalue weighted by molar-refractivity contribution is 6.29. The smallest absolute Gasteiger partial charge is 0.288 e. The van der Waals surface area contributed by atoms with Gasteiger partial charge in [-0.05, 0) is 57.7 Å². The van der Waals surface area contributed by atoms with Crippen LogP contribution in [0.15, 0.2) is 29.1 Å². The van der Waals surface area contributed by atoms with Crippen molar-refractivity contribution in [3.63, 3.8) is 0 Å². The minimum Gasteiger partial charge on any atom is -0.301 e. The highest BCUT2D eigenvalue weighted by atomic mass is 35.5. The summed E-state index contributed by atoms with van der Waals surface area (Å²) in [7, 11) is 0. The van der Waals surface area contributed by atoms with Crippen LogP contribution in [0.3, 0.4) is 0 Å². The van der Waals surface area contributed by atoms with Crippen LogP contribution in [0.4, 0.5) is 0 Å². The molecular weight excluding hydrogens is 370 g/mol. The van der Waals surface area contributed by atoms with Crippen molar-refractivity contribution < 1.29 is 0 Å². The van der Waals surface area contributed by atoms with Crippen LogP contribution >= 0.6 is 11.6 Å². The number of rotatable bonds is 4. The molecule has 1 saturated heterocycles. The van der Waals surface area contributed by atoms with Gasteiger partial charge in [-0.3, -0.25) is 9.69 Å². The van der Waals surface area contributed by atoms with Crippen LogP contribution in [0.25, 0.3) is 11.0 Å². The van der Waals surface area contributed by atoms with Crippen molar-refractivity contribution in [2.24, 2.45) is 0 Å². The van der Waals surface area contributed by atoms with Crippen LogP contribution in [-0.4, -0.2) is 33.1 Å². The van der Waals surface area contributed by atoms with Crippen molar-refractivity contribution in [2.75, 3.05) is 6.54 Å². The summed E-state index contributed by atoms with van der Waals surface area (Å²) >= 11 is 6.18. The van der Waals surface area contributed by atoms with Gasteiger partial charge in [0.2, 0.25) is 0 Å². The predicted octanol–water partition coefficient (Wildman–Crippen LogP) is 5.58. The maximum atomic E-state index is 12.8. The lowest BCUT2D eigenvalue weighted by Gasteiger charge is -2.36. The van der Waals surface area contributed by atoms with Crippen molar-refractivity contribution in [1.82, 2.24) is 14.5 Å². The first-order valence-electron chi connectivity index (χ1n) is 11.1. The fourth-order valence-corrected chi connectivity index (χ4v) is 5.60. The Bertz CT molecular complexity index is 857. The van der Waals surface area contributed by atoms with E-state index in [1.165, 1.54) is 64.3 Å². The average Bonchev–Trinajstić information content (AvgIpc) is 3.10. The predicted molar refractivity (Wildman–Crippen MR) is 116 cm³/mol. The quantitative estimate of drug-likeness (QED) is 0.671. The Labute approximate surface area is 172 Å². The third kappa shape index (κ3) is 4.13. The lowest BCUT2D eigenvalue weighted by Crippen LogP contribution is -2.41. The molecule has 2 atom stereocenters. The van der Waals surface area contributed by atoms with Crippen molar-refractivity contribution in [3.8, 4) is 0 Å². The molecule has 0 N–H and O–H groups in total. The van der Waals surface area contributed by atoms with Gasteiger partial charge < -0.3 is 4.57 Å². The molecule has 4 rings (SSSR count). The van der Waals surface area contributed by atoms with Crippen LogP contribution in [0, 0.1) is 0 Å². The maximum absolute atomic E-state index is 12.8. The highest BCUT2D eigenvalue weighted by Gasteiger charge is 2.32. The van der Waals surface area contributed by atoms with Crippen LogP contribution in [-0.2, 0) is 0 Å². The molecule has 5 heteroatoms. The van der Waals surface area contributed by atoms with Gasteiger partial charge in [-0.15, -0.1) is 0 Å². The number of aromatic nitrogens is 2. The molecule has 0 amide bonds. The van der Waals surface area contributed by atoms with E-state index in [4.69, 9.17) is 11.6 Å². The molecule has 1 aromatic carbocycles. The summed E-state index contributed by atoms with van der Waals surface area (Å²) in [6.07, 6.45) is 13.1. The number of likely N-dealkylation sites (tertiary alicyclic amines) is 1. The van der Waals surface area contributed by atoms with Gasteiger partial charge >= 0.3 is 0 Å².